The molecule has 200 valence electrons. The molecule has 6 nitrogen and oxygen atoms in total. The maximum Gasteiger partial charge on any atom is 0.335 e. The second-order valence-electron chi connectivity index (χ2n) is 10.5. The number of rotatable bonds is 8. The van der Waals surface area contributed by atoms with Gasteiger partial charge in [0.2, 0.25) is 0 Å². The number of anilines is 1. The van der Waals surface area contributed by atoms with Crippen LogP contribution in [0.3, 0.4) is 0 Å². The first-order valence-corrected chi connectivity index (χ1v) is 13.9. The monoisotopic (exact) mass is 542 g/mol. The Bertz CT molecular complexity index is 1450. The van der Waals surface area contributed by atoms with Crippen LogP contribution in [0, 0.1) is 6.92 Å². The van der Waals surface area contributed by atoms with Gasteiger partial charge >= 0.3 is 5.97 Å². The summed E-state index contributed by atoms with van der Waals surface area (Å²) in [6.07, 6.45) is 4.34. The van der Waals surface area contributed by atoms with Crippen LogP contribution in [0.1, 0.15) is 58.8 Å². The number of aromatic carboxylic acids is 1. The molecule has 1 N–H and O–H groups in total. The van der Waals surface area contributed by atoms with Crippen LogP contribution >= 0.6 is 11.6 Å². The van der Waals surface area contributed by atoms with Gasteiger partial charge in [0.1, 0.15) is 11.5 Å². The van der Waals surface area contributed by atoms with Crippen molar-refractivity contribution in [2.75, 3.05) is 18.0 Å². The summed E-state index contributed by atoms with van der Waals surface area (Å²) in [4.78, 5) is 13.5. The van der Waals surface area contributed by atoms with E-state index < -0.39 is 5.97 Å². The van der Waals surface area contributed by atoms with E-state index in [1.807, 2.05) is 24.3 Å². The van der Waals surface area contributed by atoms with Gasteiger partial charge in [-0.3, -0.25) is 0 Å². The molecule has 0 unspecified atom stereocenters. The highest BCUT2D eigenvalue weighted by molar-refractivity contribution is 6.33. The van der Waals surface area contributed by atoms with Crippen LogP contribution in [-0.4, -0.2) is 35.4 Å². The van der Waals surface area contributed by atoms with Gasteiger partial charge in [-0.25, -0.2) is 4.79 Å². The van der Waals surface area contributed by atoms with E-state index in [0.717, 1.165) is 78.0 Å². The summed E-state index contributed by atoms with van der Waals surface area (Å²) in [7, 11) is 0. The molecule has 2 heterocycles. The fourth-order valence-electron chi connectivity index (χ4n) is 5.41. The number of nitrogens with zero attached hydrogens (tertiary/aromatic N) is 2. The van der Waals surface area contributed by atoms with Crippen LogP contribution in [0.4, 0.5) is 5.69 Å². The van der Waals surface area contributed by atoms with Gasteiger partial charge in [0, 0.05) is 35.8 Å². The molecule has 0 bridgehead atoms. The first kappa shape index (κ1) is 25.7. The number of carboxylic acid groups (broad SMARTS) is 1. The summed E-state index contributed by atoms with van der Waals surface area (Å²) >= 11 is 6.58. The molecule has 1 saturated heterocycles. The molecule has 1 aliphatic heterocycles. The smallest absolute Gasteiger partial charge is 0.335 e. The lowest BCUT2D eigenvalue weighted by Gasteiger charge is -2.33. The average molecular weight is 543 g/mol. The molecular formula is C32H31ClN2O4. The second kappa shape index (κ2) is 10.9. The van der Waals surface area contributed by atoms with Crippen LogP contribution in [0.15, 0.2) is 71.3 Å². The molecule has 1 saturated carbocycles. The molecule has 7 heteroatoms. The second-order valence-corrected chi connectivity index (χ2v) is 10.9. The third-order valence-electron chi connectivity index (χ3n) is 7.83. The van der Waals surface area contributed by atoms with Crippen molar-refractivity contribution in [3.8, 4) is 22.4 Å². The summed E-state index contributed by atoms with van der Waals surface area (Å²) < 4.78 is 12.3. The Labute approximate surface area is 233 Å². The number of aromatic nitrogens is 1. The number of hydrogen-bond donors (Lipinski definition) is 1. The number of piperidine rings is 1. The fourth-order valence-corrected chi connectivity index (χ4v) is 5.72. The summed E-state index contributed by atoms with van der Waals surface area (Å²) in [6.45, 7) is 4.38. The molecule has 6 rings (SSSR count). The van der Waals surface area contributed by atoms with Crippen LogP contribution in [0.2, 0.25) is 5.02 Å². The molecule has 0 atom stereocenters. The van der Waals surface area contributed by atoms with E-state index in [-0.39, 0.29) is 6.10 Å². The SMILES string of the molecule is Cc1cccc(Cl)c1-c1noc(C2CC2)c1COC1CCN(c2ccc(-c3ccc(C(=O)O)cc3)cc2)CC1. The van der Waals surface area contributed by atoms with E-state index in [2.05, 4.69) is 47.3 Å². The Morgan fingerprint density at radius 2 is 1.67 bits per heavy atom. The van der Waals surface area contributed by atoms with Crippen molar-refractivity contribution in [2.24, 2.45) is 0 Å². The van der Waals surface area contributed by atoms with Gasteiger partial charge in [-0.2, -0.15) is 0 Å². The standard InChI is InChI=1S/C32H31ClN2O4/c1-20-3-2-4-28(33)29(20)30-27(31(39-34-30)23-7-8-23)19-38-26-15-17-35(18-16-26)25-13-11-22(12-14-25)21-5-9-24(10-6-21)32(36)37/h2-6,9-14,23,26H,7-8,15-19H2,1H3,(H,36,37). The van der Waals surface area contributed by atoms with Gasteiger partial charge in [-0.15, -0.1) is 0 Å². The first-order valence-electron chi connectivity index (χ1n) is 13.5. The third-order valence-corrected chi connectivity index (χ3v) is 8.14. The Hall–Kier alpha value is -3.61. The van der Waals surface area contributed by atoms with Crippen molar-refractivity contribution >= 4 is 23.3 Å². The number of benzene rings is 3. The van der Waals surface area contributed by atoms with Crippen molar-refractivity contribution in [1.82, 2.24) is 5.16 Å². The first-order chi connectivity index (χ1) is 19.0. The van der Waals surface area contributed by atoms with Crippen molar-refractivity contribution in [3.05, 3.63) is 94.2 Å². The van der Waals surface area contributed by atoms with Crippen LogP contribution in [-0.2, 0) is 11.3 Å². The minimum absolute atomic E-state index is 0.176. The molecule has 4 aromatic rings. The molecule has 2 fully saturated rings. The molecule has 2 aliphatic rings. The van der Waals surface area contributed by atoms with E-state index in [0.29, 0.717) is 23.1 Å². The van der Waals surface area contributed by atoms with Gasteiger partial charge in [0.25, 0.3) is 0 Å². The summed E-state index contributed by atoms with van der Waals surface area (Å²) in [5.74, 6) is 0.484. The molecule has 3 aromatic carbocycles. The quantitative estimate of drug-likeness (QED) is 0.245. The Morgan fingerprint density at radius 3 is 2.28 bits per heavy atom. The normalized spacial score (nSPS) is 16.0. The number of aryl methyl sites for hydroxylation is 1. The minimum atomic E-state index is -0.912. The van der Waals surface area contributed by atoms with E-state index in [1.54, 1.807) is 12.1 Å². The summed E-state index contributed by atoms with van der Waals surface area (Å²) in [6, 6.07) is 21.4. The van der Waals surface area contributed by atoms with Gasteiger partial charge in [0.15, 0.2) is 0 Å². The van der Waals surface area contributed by atoms with Crippen molar-refractivity contribution in [1.29, 1.82) is 0 Å². The lowest BCUT2D eigenvalue weighted by molar-refractivity contribution is 0.0246. The highest BCUT2D eigenvalue weighted by atomic mass is 35.5. The molecule has 1 aromatic heterocycles. The van der Waals surface area contributed by atoms with Crippen LogP contribution in [0.25, 0.3) is 22.4 Å². The largest absolute Gasteiger partial charge is 0.478 e. The van der Waals surface area contributed by atoms with E-state index >= 15 is 0 Å². The predicted molar refractivity (Wildman–Crippen MR) is 153 cm³/mol. The van der Waals surface area contributed by atoms with Crippen LogP contribution < -0.4 is 4.90 Å². The van der Waals surface area contributed by atoms with Gasteiger partial charge < -0.3 is 19.3 Å². The third kappa shape index (κ3) is 5.45. The van der Waals surface area contributed by atoms with Crippen molar-refractivity contribution in [3.63, 3.8) is 0 Å². The molecule has 0 amide bonds. The lowest BCUT2D eigenvalue weighted by atomic mass is 10.00. The zero-order valence-electron chi connectivity index (χ0n) is 21.9. The molecule has 0 spiro atoms. The van der Waals surface area contributed by atoms with E-state index in [4.69, 9.17) is 26.0 Å². The fraction of sp³-hybridized carbons (Fsp3) is 0.312. The Kier molecular flexibility index (Phi) is 7.15. The zero-order chi connectivity index (χ0) is 26.9. The van der Waals surface area contributed by atoms with E-state index in [1.165, 1.54) is 5.69 Å². The highest BCUT2D eigenvalue weighted by Gasteiger charge is 2.34. The number of hydrogen-bond acceptors (Lipinski definition) is 5. The number of ether oxygens (including phenoxy) is 1. The number of halogens is 1. The Morgan fingerprint density at radius 1 is 1.00 bits per heavy atom. The summed E-state index contributed by atoms with van der Waals surface area (Å²) in [5, 5.41) is 14.3. The number of carboxylic acids is 1. The lowest BCUT2D eigenvalue weighted by Crippen LogP contribution is -2.37. The molecule has 1 aliphatic carbocycles. The Balaban J connectivity index is 1.09. The van der Waals surface area contributed by atoms with E-state index in [9.17, 15) is 4.79 Å². The average Bonchev–Trinajstić information content (AvgIpc) is 3.72. The van der Waals surface area contributed by atoms with Gasteiger partial charge in [0.05, 0.1) is 23.3 Å². The molecular weight excluding hydrogens is 512 g/mol. The van der Waals surface area contributed by atoms with Gasteiger partial charge in [-0.1, -0.05) is 53.2 Å². The van der Waals surface area contributed by atoms with Crippen molar-refractivity contribution < 1.29 is 19.2 Å². The minimum Gasteiger partial charge on any atom is -0.478 e. The maximum atomic E-state index is 11.1. The van der Waals surface area contributed by atoms with Crippen molar-refractivity contribution in [2.45, 2.75) is 51.2 Å². The van der Waals surface area contributed by atoms with Gasteiger partial charge in [-0.05, 0) is 79.6 Å². The zero-order valence-corrected chi connectivity index (χ0v) is 22.7. The highest BCUT2D eigenvalue weighted by Crippen LogP contribution is 2.45. The summed E-state index contributed by atoms with van der Waals surface area (Å²) in [5.41, 5.74) is 7.43. The predicted octanol–water partition coefficient (Wildman–Crippen LogP) is 7.73. The molecule has 39 heavy (non-hydrogen) atoms. The number of carbonyl (C=O) groups is 1. The topological polar surface area (TPSA) is 75.8 Å². The molecule has 0 radical (unpaired) electrons. The van der Waals surface area contributed by atoms with Crippen LogP contribution in [0.5, 0.6) is 0 Å². The maximum absolute atomic E-state index is 11.1.